The lowest BCUT2D eigenvalue weighted by Crippen LogP contribution is -2.54. The first-order valence-electron chi connectivity index (χ1n) is 9.38. The van der Waals surface area contributed by atoms with Crippen molar-refractivity contribution in [2.24, 2.45) is 11.8 Å². The number of esters is 1. The summed E-state index contributed by atoms with van der Waals surface area (Å²) in [5.41, 5.74) is 2.83. The van der Waals surface area contributed by atoms with Gasteiger partial charge in [-0.3, -0.25) is 9.59 Å². The second-order valence-corrected chi connectivity index (χ2v) is 7.15. The van der Waals surface area contributed by atoms with Gasteiger partial charge in [0, 0.05) is 38.4 Å². The number of amides is 1. The minimum Gasteiger partial charge on any atom is -0.469 e. The second-order valence-electron chi connectivity index (χ2n) is 7.15. The van der Waals surface area contributed by atoms with Gasteiger partial charge in [0.15, 0.2) is 0 Å². The van der Waals surface area contributed by atoms with E-state index < -0.39 is 5.92 Å². The van der Waals surface area contributed by atoms with Gasteiger partial charge in [0.25, 0.3) is 0 Å². The van der Waals surface area contributed by atoms with Gasteiger partial charge in [0.1, 0.15) is 0 Å². The third-order valence-electron chi connectivity index (χ3n) is 5.56. The molecule has 1 amide bonds. The van der Waals surface area contributed by atoms with E-state index in [1.54, 1.807) is 0 Å². The molecule has 1 aromatic carbocycles. The van der Waals surface area contributed by atoms with Crippen molar-refractivity contribution in [1.29, 1.82) is 5.26 Å². The second kappa shape index (κ2) is 8.40. The summed E-state index contributed by atoms with van der Waals surface area (Å²) in [6.45, 7) is 6.00. The molecule has 7 heteroatoms. The van der Waals surface area contributed by atoms with Crippen LogP contribution in [0.2, 0.25) is 0 Å². The summed E-state index contributed by atoms with van der Waals surface area (Å²) in [5, 5.41) is 12.2. The predicted molar refractivity (Wildman–Crippen MR) is 101 cm³/mol. The molecular weight excluding hydrogens is 344 g/mol. The van der Waals surface area contributed by atoms with Crippen LogP contribution in [0.3, 0.4) is 0 Å². The Kier molecular flexibility index (Phi) is 5.97. The van der Waals surface area contributed by atoms with Gasteiger partial charge in [0.2, 0.25) is 5.91 Å². The Morgan fingerprint density at radius 3 is 2.59 bits per heavy atom. The number of nitrogens with one attached hydrogen (secondary N) is 1. The lowest BCUT2D eigenvalue weighted by Gasteiger charge is -2.40. The van der Waals surface area contributed by atoms with Crippen molar-refractivity contribution >= 4 is 17.6 Å². The summed E-state index contributed by atoms with van der Waals surface area (Å²) in [6.07, 6.45) is 0.660. The maximum atomic E-state index is 13.0. The van der Waals surface area contributed by atoms with E-state index in [2.05, 4.69) is 16.3 Å². The Balaban J connectivity index is 1.64. The Morgan fingerprint density at radius 1 is 1.22 bits per heavy atom. The summed E-state index contributed by atoms with van der Waals surface area (Å²) in [7, 11) is 1.37. The van der Waals surface area contributed by atoms with E-state index in [0.29, 0.717) is 31.6 Å². The zero-order valence-electron chi connectivity index (χ0n) is 15.9. The van der Waals surface area contributed by atoms with Gasteiger partial charge in [-0.1, -0.05) is 0 Å². The molecule has 0 aromatic heterocycles. The number of anilines is 1. The minimum atomic E-state index is -0.407. The molecule has 0 spiro atoms. The predicted octanol–water partition coefficient (Wildman–Crippen LogP) is 0.914. The summed E-state index contributed by atoms with van der Waals surface area (Å²) < 4.78 is 4.88. The normalized spacial score (nSPS) is 22.9. The summed E-state index contributed by atoms with van der Waals surface area (Å²) in [5.74, 6) is -0.965. The van der Waals surface area contributed by atoms with Crippen molar-refractivity contribution in [2.75, 3.05) is 51.3 Å². The number of benzene rings is 1. The van der Waals surface area contributed by atoms with Crippen LogP contribution in [0.25, 0.3) is 0 Å². The maximum Gasteiger partial charge on any atom is 0.310 e. The van der Waals surface area contributed by atoms with Crippen LogP contribution in [0.1, 0.15) is 17.5 Å². The van der Waals surface area contributed by atoms with Crippen LogP contribution in [0, 0.1) is 30.1 Å². The molecule has 27 heavy (non-hydrogen) atoms. The molecule has 2 saturated heterocycles. The first-order valence-corrected chi connectivity index (χ1v) is 9.38. The number of carbonyl (C=O) groups is 2. The highest BCUT2D eigenvalue weighted by Gasteiger charge is 2.39. The van der Waals surface area contributed by atoms with E-state index in [9.17, 15) is 9.59 Å². The zero-order valence-corrected chi connectivity index (χ0v) is 15.9. The number of ether oxygens (including phenoxy) is 1. The van der Waals surface area contributed by atoms with Crippen LogP contribution < -0.4 is 10.2 Å². The maximum absolute atomic E-state index is 13.0. The van der Waals surface area contributed by atoms with Crippen LogP contribution in [0.4, 0.5) is 5.69 Å². The Bertz CT molecular complexity index is 750. The van der Waals surface area contributed by atoms with Crippen LogP contribution in [-0.2, 0) is 14.3 Å². The van der Waals surface area contributed by atoms with Gasteiger partial charge in [-0.25, -0.2) is 0 Å². The molecule has 2 unspecified atom stereocenters. The number of hydrogen-bond acceptors (Lipinski definition) is 6. The molecule has 144 valence electrons. The highest BCUT2D eigenvalue weighted by atomic mass is 16.5. The summed E-state index contributed by atoms with van der Waals surface area (Å²) >= 11 is 0. The molecule has 0 bridgehead atoms. The topological polar surface area (TPSA) is 85.7 Å². The van der Waals surface area contributed by atoms with E-state index in [4.69, 9.17) is 10.00 Å². The van der Waals surface area contributed by atoms with E-state index in [0.717, 1.165) is 30.9 Å². The SMILES string of the molecule is COC(=O)C1CNCCC1C(=O)N1CCN(c2ccc(C#N)cc2C)CC1. The number of rotatable bonds is 3. The molecular formula is C20H26N4O3. The lowest BCUT2D eigenvalue weighted by atomic mass is 9.85. The number of piperidine rings is 1. The molecule has 0 saturated carbocycles. The van der Waals surface area contributed by atoms with Crippen molar-refractivity contribution in [3.8, 4) is 6.07 Å². The van der Waals surface area contributed by atoms with Gasteiger partial charge in [0.05, 0.1) is 30.6 Å². The molecule has 1 aromatic rings. The van der Waals surface area contributed by atoms with Crippen molar-refractivity contribution in [3.05, 3.63) is 29.3 Å². The van der Waals surface area contributed by atoms with Crippen molar-refractivity contribution in [3.63, 3.8) is 0 Å². The largest absolute Gasteiger partial charge is 0.469 e. The molecule has 2 aliphatic heterocycles. The highest BCUT2D eigenvalue weighted by molar-refractivity contribution is 5.86. The first kappa shape index (κ1) is 19.2. The van der Waals surface area contributed by atoms with Crippen molar-refractivity contribution in [1.82, 2.24) is 10.2 Å². The van der Waals surface area contributed by atoms with Gasteiger partial charge >= 0.3 is 5.97 Å². The van der Waals surface area contributed by atoms with Gasteiger partial charge < -0.3 is 19.9 Å². The molecule has 2 atom stereocenters. The summed E-state index contributed by atoms with van der Waals surface area (Å²) in [4.78, 5) is 29.2. The number of methoxy groups -OCH3 is 1. The number of aryl methyl sites for hydroxylation is 1. The van der Waals surface area contributed by atoms with Crippen LogP contribution >= 0.6 is 0 Å². The van der Waals surface area contributed by atoms with Crippen LogP contribution in [0.15, 0.2) is 18.2 Å². The summed E-state index contributed by atoms with van der Waals surface area (Å²) in [6, 6.07) is 7.86. The van der Waals surface area contributed by atoms with Gasteiger partial charge in [-0.2, -0.15) is 5.26 Å². The average molecular weight is 370 g/mol. The fourth-order valence-corrected chi connectivity index (χ4v) is 4.04. The fourth-order valence-electron chi connectivity index (χ4n) is 4.04. The monoisotopic (exact) mass is 370 g/mol. The standard InChI is InChI=1S/C20H26N4O3/c1-14-11-15(12-21)3-4-18(14)23-7-9-24(10-8-23)19(25)16-5-6-22-13-17(16)20(26)27-2/h3-4,11,16-17,22H,5-10,13H2,1-2H3. The number of nitrogens with zero attached hydrogens (tertiary/aromatic N) is 3. The molecule has 7 nitrogen and oxygen atoms in total. The van der Waals surface area contributed by atoms with Crippen LogP contribution in [0.5, 0.6) is 0 Å². The van der Waals surface area contributed by atoms with Gasteiger partial charge in [-0.15, -0.1) is 0 Å². The molecule has 1 N–H and O–H groups in total. The third kappa shape index (κ3) is 4.06. The average Bonchev–Trinajstić information content (AvgIpc) is 2.72. The number of carbonyl (C=O) groups excluding carboxylic acids is 2. The number of nitriles is 1. The van der Waals surface area contributed by atoms with E-state index >= 15 is 0 Å². The first-order chi connectivity index (χ1) is 13.0. The van der Waals surface area contributed by atoms with Gasteiger partial charge in [-0.05, 0) is 43.7 Å². The van der Waals surface area contributed by atoms with E-state index in [1.165, 1.54) is 7.11 Å². The molecule has 2 aliphatic rings. The van der Waals surface area contributed by atoms with Crippen molar-refractivity contribution < 1.29 is 14.3 Å². The van der Waals surface area contributed by atoms with Crippen molar-refractivity contribution in [2.45, 2.75) is 13.3 Å². The Morgan fingerprint density at radius 2 is 1.96 bits per heavy atom. The fraction of sp³-hybridized carbons (Fsp3) is 0.550. The molecule has 2 heterocycles. The lowest BCUT2D eigenvalue weighted by molar-refractivity contribution is -0.154. The Hall–Kier alpha value is -2.59. The third-order valence-corrected chi connectivity index (χ3v) is 5.56. The minimum absolute atomic E-state index is 0.0584. The smallest absolute Gasteiger partial charge is 0.310 e. The molecule has 2 fully saturated rings. The molecule has 0 radical (unpaired) electrons. The molecule has 0 aliphatic carbocycles. The Labute approximate surface area is 159 Å². The zero-order chi connectivity index (χ0) is 19.4. The number of piperazine rings is 1. The van der Waals surface area contributed by atoms with E-state index in [1.807, 2.05) is 30.0 Å². The van der Waals surface area contributed by atoms with E-state index in [-0.39, 0.29) is 17.8 Å². The molecule has 3 rings (SSSR count). The number of hydrogen-bond donors (Lipinski definition) is 1. The highest BCUT2D eigenvalue weighted by Crippen LogP contribution is 2.26. The van der Waals surface area contributed by atoms with Crippen LogP contribution in [-0.4, -0.2) is 63.2 Å². The quantitative estimate of drug-likeness (QED) is 0.796.